The molecule has 0 radical (unpaired) electrons. The molecule has 76 valence electrons. The lowest BCUT2D eigenvalue weighted by atomic mass is 10.3. The quantitative estimate of drug-likeness (QED) is 0.751. The van der Waals surface area contributed by atoms with E-state index in [0.29, 0.717) is 6.61 Å². The summed E-state index contributed by atoms with van der Waals surface area (Å²) < 4.78 is 5.19. The molecule has 1 heterocycles. The Morgan fingerprint density at radius 2 is 1.86 bits per heavy atom. The molecule has 0 saturated heterocycles. The van der Waals surface area contributed by atoms with E-state index >= 15 is 0 Å². The van der Waals surface area contributed by atoms with E-state index in [1.54, 1.807) is 0 Å². The largest absolute Gasteiger partial charge is 0.463 e. The van der Waals surface area contributed by atoms with Gasteiger partial charge in [-0.25, -0.2) is 0 Å². The van der Waals surface area contributed by atoms with Crippen LogP contribution in [0, 0.1) is 0 Å². The highest BCUT2D eigenvalue weighted by Gasteiger charge is 2.03. The molecule has 0 atom stereocenters. The van der Waals surface area contributed by atoms with Crippen molar-refractivity contribution in [2.24, 2.45) is 0 Å². The van der Waals surface area contributed by atoms with Gasteiger partial charge < -0.3 is 4.74 Å². The maximum Gasteiger partial charge on any atom is 0.322 e. The number of hydrogen-bond donors (Lipinski definition) is 0. The average Bonchev–Trinajstić information content (AvgIpc) is 2.01. The Hall–Kier alpha value is -0.870. The summed E-state index contributed by atoms with van der Waals surface area (Å²) in [5.74, 6) is 0. The molecule has 0 amide bonds. The minimum absolute atomic E-state index is 0.0234. The summed E-state index contributed by atoms with van der Waals surface area (Å²) in [4.78, 5) is 11.1. The van der Waals surface area contributed by atoms with Gasteiger partial charge in [-0.1, -0.05) is 5.57 Å². The second kappa shape index (κ2) is 5.12. The fraction of sp³-hybridized carbons (Fsp3) is 0.375. The van der Waals surface area contributed by atoms with Crippen molar-refractivity contribution in [3.63, 3.8) is 0 Å². The zero-order valence-corrected chi connectivity index (χ0v) is 9.14. The van der Waals surface area contributed by atoms with E-state index in [0.717, 1.165) is 12.0 Å². The molecule has 0 aliphatic rings. The lowest BCUT2D eigenvalue weighted by Crippen LogP contribution is -2.02. The van der Waals surface area contributed by atoms with Crippen LogP contribution in [0.1, 0.15) is 13.3 Å². The Kier molecular flexibility index (Phi) is 4.10. The van der Waals surface area contributed by atoms with Crippen molar-refractivity contribution < 1.29 is 4.74 Å². The fourth-order valence-corrected chi connectivity index (χ4v) is 1.04. The van der Waals surface area contributed by atoms with Crippen LogP contribution in [0.3, 0.4) is 0 Å². The molecule has 1 aromatic rings. The van der Waals surface area contributed by atoms with Crippen LogP contribution < -0.4 is 4.74 Å². The van der Waals surface area contributed by atoms with Crippen LogP contribution in [-0.2, 0) is 0 Å². The first-order valence-corrected chi connectivity index (χ1v) is 4.68. The SMILES string of the molecule is C=C(C)CCOc1nc(Cl)nc(Cl)n1. The number of halogens is 2. The minimum atomic E-state index is 0.0234. The second-order valence-corrected chi connectivity index (χ2v) is 3.39. The van der Waals surface area contributed by atoms with Gasteiger partial charge in [0.1, 0.15) is 0 Å². The van der Waals surface area contributed by atoms with Crippen molar-refractivity contribution in [3.8, 4) is 6.01 Å². The van der Waals surface area contributed by atoms with Gasteiger partial charge in [-0.15, -0.1) is 6.58 Å². The Bertz CT molecular complexity index is 323. The summed E-state index contributed by atoms with van der Waals surface area (Å²) in [6, 6.07) is 0.135. The molecule has 4 nitrogen and oxygen atoms in total. The molecule has 0 spiro atoms. The van der Waals surface area contributed by atoms with Crippen molar-refractivity contribution >= 4 is 23.2 Å². The smallest absolute Gasteiger partial charge is 0.322 e. The van der Waals surface area contributed by atoms with Gasteiger partial charge in [-0.05, 0) is 30.1 Å². The number of ether oxygens (including phenoxy) is 1. The first-order chi connectivity index (χ1) is 6.58. The molecular weight excluding hydrogens is 225 g/mol. The molecule has 0 aromatic carbocycles. The van der Waals surface area contributed by atoms with Crippen LogP contribution in [0.25, 0.3) is 0 Å². The Balaban J connectivity index is 2.54. The Morgan fingerprint density at radius 1 is 1.29 bits per heavy atom. The fourth-order valence-electron chi connectivity index (χ4n) is 0.690. The van der Waals surface area contributed by atoms with Crippen molar-refractivity contribution in [1.82, 2.24) is 15.0 Å². The summed E-state index contributed by atoms with van der Waals surface area (Å²) in [6.45, 7) is 6.10. The van der Waals surface area contributed by atoms with E-state index in [1.165, 1.54) is 0 Å². The monoisotopic (exact) mass is 233 g/mol. The summed E-state index contributed by atoms with van der Waals surface area (Å²) in [5.41, 5.74) is 1.02. The molecule has 0 fully saturated rings. The van der Waals surface area contributed by atoms with Crippen LogP contribution in [0.5, 0.6) is 6.01 Å². The van der Waals surface area contributed by atoms with Crippen LogP contribution in [-0.4, -0.2) is 21.6 Å². The first-order valence-electron chi connectivity index (χ1n) is 3.92. The van der Waals surface area contributed by atoms with Crippen molar-refractivity contribution in [2.75, 3.05) is 6.61 Å². The maximum absolute atomic E-state index is 5.55. The first kappa shape index (κ1) is 11.2. The highest BCUT2D eigenvalue weighted by molar-refractivity contribution is 6.31. The van der Waals surface area contributed by atoms with E-state index in [1.807, 2.05) is 6.92 Å². The summed E-state index contributed by atoms with van der Waals surface area (Å²) in [7, 11) is 0. The molecule has 0 unspecified atom stereocenters. The van der Waals surface area contributed by atoms with Gasteiger partial charge in [0, 0.05) is 6.42 Å². The van der Waals surface area contributed by atoms with Gasteiger partial charge in [0.05, 0.1) is 6.61 Å². The maximum atomic E-state index is 5.55. The second-order valence-electron chi connectivity index (χ2n) is 2.71. The van der Waals surface area contributed by atoms with Gasteiger partial charge >= 0.3 is 6.01 Å². The van der Waals surface area contributed by atoms with Crippen LogP contribution >= 0.6 is 23.2 Å². The molecule has 14 heavy (non-hydrogen) atoms. The van der Waals surface area contributed by atoms with E-state index in [2.05, 4.69) is 21.5 Å². The standard InChI is InChI=1S/C8H9Cl2N3O/c1-5(2)3-4-14-8-12-6(9)11-7(10)13-8/h1,3-4H2,2H3. The van der Waals surface area contributed by atoms with Gasteiger partial charge in [0.15, 0.2) is 0 Å². The van der Waals surface area contributed by atoms with E-state index in [9.17, 15) is 0 Å². The lowest BCUT2D eigenvalue weighted by Gasteiger charge is -2.03. The number of hydrogen-bond acceptors (Lipinski definition) is 4. The summed E-state index contributed by atoms with van der Waals surface area (Å²) in [6.07, 6.45) is 0.737. The van der Waals surface area contributed by atoms with Gasteiger partial charge in [-0.3, -0.25) is 0 Å². The third kappa shape index (κ3) is 3.89. The number of aromatic nitrogens is 3. The molecule has 1 aromatic heterocycles. The molecule has 0 bridgehead atoms. The van der Waals surface area contributed by atoms with Crippen LogP contribution in [0.4, 0.5) is 0 Å². The third-order valence-electron chi connectivity index (χ3n) is 1.32. The molecule has 0 aliphatic carbocycles. The molecule has 6 heteroatoms. The predicted octanol–water partition coefficient (Wildman–Crippen LogP) is 2.52. The topological polar surface area (TPSA) is 47.9 Å². The highest BCUT2D eigenvalue weighted by atomic mass is 35.5. The minimum Gasteiger partial charge on any atom is -0.463 e. The van der Waals surface area contributed by atoms with Gasteiger partial charge in [0.25, 0.3) is 0 Å². The van der Waals surface area contributed by atoms with E-state index in [4.69, 9.17) is 27.9 Å². The van der Waals surface area contributed by atoms with Crippen molar-refractivity contribution in [2.45, 2.75) is 13.3 Å². The van der Waals surface area contributed by atoms with Crippen LogP contribution in [0.2, 0.25) is 10.6 Å². The Labute approximate surface area is 91.9 Å². The molecule has 0 N–H and O–H groups in total. The molecule has 0 aliphatic heterocycles. The number of nitrogens with zero attached hydrogens (tertiary/aromatic N) is 3. The zero-order valence-electron chi connectivity index (χ0n) is 7.63. The molecule has 1 rings (SSSR count). The van der Waals surface area contributed by atoms with Gasteiger partial charge in [0.2, 0.25) is 10.6 Å². The molecular formula is C8H9Cl2N3O. The third-order valence-corrected chi connectivity index (χ3v) is 1.66. The molecule has 0 saturated carbocycles. The van der Waals surface area contributed by atoms with E-state index in [-0.39, 0.29) is 16.6 Å². The normalized spacial score (nSPS) is 9.93. The van der Waals surface area contributed by atoms with Crippen molar-refractivity contribution in [3.05, 3.63) is 22.7 Å². The average molecular weight is 234 g/mol. The van der Waals surface area contributed by atoms with Crippen LogP contribution in [0.15, 0.2) is 12.2 Å². The number of rotatable bonds is 4. The summed E-state index contributed by atoms with van der Waals surface area (Å²) in [5, 5.41) is 0.0469. The van der Waals surface area contributed by atoms with Crippen molar-refractivity contribution in [1.29, 1.82) is 0 Å². The van der Waals surface area contributed by atoms with Gasteiger partial charge in [-0.2, -0.15) is 15.0 Å². The lowest BCUT2D eigenvalue weighted by molar-refractivity contribution is 0.295. The van der Waals surface area contributed by atoms with E-state index < -0.39 is 0 Å². The summed E-state index contributed by atoms with van der Waals surface area (Å²) >= 11 is 11.1. The Morgan fingerprint density at radius 3 is 2.36 bits per heavy atom. The predicted molar refractivity (Wildman–Crippen MR) is 54.8 cm³/mol. The zero-order chi connectivity index (χ0) is 10.6. The highest BCUT2D eigenvalue weighted by Crippen LogP contribution is 2.11.